The molecule has 4 aromatic rings. The van der Waals surface area contributed by atoms with Gasteiger partial charge in [-0.1, -0.05) is 36.4 Å². The molecule has 7 nitrogen and oxygen atoms in total. The summed E-state index contributed by atoms with van der Waals surface area (Å²) < 4.78 is 0. The quantitative estimate of drug-likeness (QED) is 0.290. The van der Waals surface area contributed by atoms with Crippen LogP contribution in [-0.2, 0) is 0 Å². The first-order valence-electron chi connectivity index (χ1n) is 10.0. The molecule has 0 atom stereocenters. The van der Waals surface area contributed by atoms with E-state index in [2.05, 4.69) is 51.2 Å². The Hall–Kier alpha value is -3.74. The second-order valence-corrected chi connectivity index (χ2v) is 7.58. The molecule has 1 aromatic heterocycles. The summed E-state index contributed by atoms with van der Waals surface area (Å²) in [5, 5.41) is 23.5. The van der Waals surface area contributed by atoms with Gasteiger partial charge in [0.2, 0.25) is 0 Å². The van der Waals surface area contributed by atoms with Crippen LogP contribution in [0.3, 0.4) is 0 Å². The van der Waals surface area contributed by atoms with E-state index in [1.165, 1.54) is 5.39 Å². The topological polar surface area (TPSA) is 75.4 Å². The number of aryl methyl sites for hydroxylation is 1. The number of rotatable bonds is 3. The van der Waals surface area contributed by atoms with Crippen LogP contribution in [0.15, 0.2) is 60.7 Å². The lowest BCUT2D eigenvalue weighted by atomic mass is 10.0. The average molecular weight is 399 g/mol. The number of hydrogen-bond acceptors (Lipinski definition) is 6. The molecule has 150 valence electrons. The first kappa shape index (κ1) is 18.3. The van der Waals surface area contributed by atoms with E-state index >= 15 is 0 Å². The van der Waals surface area contributed by atoms with Crippen LogP contribution in [0, 0.1) is 17.0 Å². The van der Waals surface area contributed by atoms with Gasteiger partial charge in [-0.15, -0.1) is 10.2 Å². The van der Waals surface area contributed by atoms with Crippen LogP contribution in [0.2, 0.25) is 0 Å². The number of fused-ring (bicyclic) bond motifs is 3. The molecule has 0 saturated carbocycles. The number of non-ortho nitro benzene ring substituents is 1. The number of benzene rings is 3. The van der Waals surface area contributed by atoms with E-state index in [-0.39, 0.29) is 10.6 Å². The highest BCUT2D eigenvalue weighted by atomic mass is 16.6. The zero-order valence-corrected chi connectivity index (χ0v) is 16.7. The van der Waals surface area contributed by atoms with Crippen molar-refractivity contribution in [3.05, 3.63) is 76.3 Å². The van der Waals surface area contributed by atoms with Gasteiger partial charge in [0.1, 0.15) is 5.52 Å². The van der Waals surface area contributed by atoms with Crippen molar-refractivity contribution >= 4 is 38.9 Å². The first-order valence-corrected chi connectivity index (χ1v) is 10.0. The molecule has 0 radical (unpaired) electrons. The molecule has 5 rings (SSSR count). The van der Waals surface area contributed by atoms with E-state index in [1.807, 2.05) is 24.3 Å². The molecule has 7 heteroatoms. The summed E-state index contributed by atoms with van der Waals surface area (Å²) in [7, 11) is 0. The molecule has 0 unspecified atom stereocenters. The van der Waals surface area contributed by atoms with E-state index in [0.717, 1.165) is 59.5 Å². The normalized spacial score (nSPS) is 14.4. The van der Waals surface area contributed by atoms with Gasteiger partial charge in [-0.05, 0) is 24.4 Å². The van der Waals surface area contributed by atoms with E-state index in [1.54, 1.807) is 12.1 Å². The third-order valence-electron chi connectivity index (χ3n) is 5.89. The maximum Gasteiger partial charge on any atom is 0.269 e. The van der Waals surface area contributed by atoms with Gasteiger partial charge in [0, 0.05) is 60.3 Å². The van der Waals surface area contributed by atoms with E-state index in [0.29, 0.717) is 0 Å². The fourth-order valence-electron chi connectivity index (χ4n) is 4.22. The monoisotopic (exact) mass is 399 g/mol. The minimum Gasteiger partial charge on any atom is -0.368 e. The van der Waals surface area contributed by atoms with Gasteiger partial charge < -0.3 is 9.80 Å². The van der Waals surface area contributed by atoms with Crippen molar-refractivity contribution < 1.29 is 4.92 Å². The molecular weight excluding hydrogens is 378 g/mol. The molecule has 1 aliphatic rings. The zero-order valence-electron chi connectivity index (χ0n) is 16.7. The molecule has 1 saturated heterocycles. The molecule has 0 aliphatic carbocycles. The molecule has 1 fully saturated rings. The summed E-state index contributed by atoms with van der Waals surface area (Å²) in [4.78, 5) is 15.0. The number of nitro benzene ring substituents is 1. The Morgan fingerprint density at radius 1 is 0.833 bits per heavy atom. The van der Waals surface area contributed by atoms with Crippen molar-refractivity contribution in [2.45, 2.75) is 6.92 Å². The van der Waals surface area contributed by atoms with Crippen molar-refractivity contribution in [3.63, 3.8) is 0 Å². The summed E-state index contributed by atoms with van der Waals surface area (Å²) in [6.45, 7) is 5.42. The Balaban J connectivity index is 1.38. The standard InChI is InChI=1S/C23H21N5O2/c1-16-20-11-6-17-4-2-3-5-21(17)22(20)24-25-23(16)27-14-12-26(13-15-27)18-7-9-19(10-8-18)28(29)30/h2-11H,12-15H2,1H3. The number of piperazine rings is 1. The van der Waals surface area contributed by atoms with Gasteiger partial charge in [-0.2, -0.15) is 0 Å². The van der Waals surface area contributed by atoms with Crippen LogP contribution >= 0.6 is 0 Å². The SMILES string of the molecule is Cc1c(N2CCN(c3ccc([N+](=O)[O-])cc3)CC2)nnc2c1ccc1ccccc12. The molecule has 0 bridgehead atoms. The summed E-state index contributed by atoms with van der Waals surface area (Å²) >= 11 is 0. The lowest BCUT2D eigenvalue weighted by Gasteiger charge is -2.37. The Morgan fingerprint density at radius 3 is 2.27 bits per heavy atom. The Kier molecular flexibility index (Phi) is 4.43. The maximum atomic E-state index is 10.9. The Labute approximate surface area is 173 Å². The zero-order chi connectivity index (χ0) is 20.7. The summed E-state index contributed by atoms with van der Waals surface area (Å²) in [5.74, 6) is 0.932. The average Bonchev–Trinajstić information content (AvgIpc) is 2.79. The molecule has 3 aromatic carbocycles. The van der Waals surface area contributed by atoms with Crippen molar-refractivity contribution in [2.24, 2.45) is 0 Å². The Bertz CT molecular complexity index is 1250. The highest BCUT2D eigenvalue weighted by Gasteiger charge is 2.22. The molecule has 1 aliphatic heterocycles. The van der Waals surface area contributed by atoms with Crippen LogP contribution in [-0.4, -0.2) is 41.3 Å². The summed E-state index contributed by atoms with van der Waals surface area (Å²) in [6, 6.07) is 19.3. The second-order valence-electron chi connectivity index (χ2n) is 7.58. The van der Waals surface area contributed by atoms with Gasteiger partial charge in [-0.3, -0.25) is 10.1 Å². The van der Waals surface area contributed by atoms with Gasteiger partial charge in [0.15, 0.2) is 5.82 Å². The van der Waals surface area contributed by atoms with Crippen LogP contribution in [0.5, 0.6) is 0 Å². The molecular formula is C23H21N5O2. The highest BCUT2D eigenvalue weighted by Crippen LogP contribution is 2.30. The molecule has 30 heavy (non-hydrogen) atoms. The number of nitro groups is 1. The van der Waals surface area contributed by atoms with Crippen molar-refractivity contribution in [3.8, 4) is 0 Å². The van der Waals surface area contributed by atoms with Gasteiger partial charge in [0.05, 0.1) is 4.92 Å². The first-order chi connectivity index (χ1) is 14.6. The predicted molar refractivity (Wildman–Crippen MR) is 119 cm³/mol. The summed E-state index contributed by atoms with van der Waals surface area (Å²) in [5.41, 5.74) is 3.22. The fourth-order valence-corrected chi connectivity index (χ4v) is 4.22. The number of aromatic nitrogens is 2. The molecule has 0 spiro atoms. The van der Waals surface area contributed by atoms with Gasteiger partial charge in [-0.25, -0.2) is 0 Å². The van der Waals surface area contributed by atoms with Crippen LogP contribution < -0.4 is 9.80 Å². The molecule has 0 N–H and O–H groups in total. The third kappa shape index (κ3) is 3.08. The van der Waals surface area contributed by atoms with Crippen molar-refractivity contribution in [1.29, 1.82) is 0 Å². The number of anilines is 2. The number of nitrogens with zero attached hydrogens (tertiary/aromatic N) is 5. The summed E-state index contributed by atoms with van der Waals surface area (Å²) in [6.07, 6.45) is 0. The predicted octanol–water partition coefficient (Wildman–Crippen LogP) is 4.33. The van der Waals surface area contributed by atoms with Crippen molar-refractivity contribution in [1.82, 2.24) is 10.2 Å². The van der Waals surface area contributed by atoms with Gasteiger partial charge >= 0.3 is 0 Å². The van der Waals surface area contributed by atoms with Crippen LogP contribution in [0.25, 0.3) is 21.7 Å². The minimum absolute atomic E-state index is 0.118. The van der Waals surface area contributed by atoms with Crippen molar-refractivity contribution in [2.75, 3.05) is 36.0 Å². The highest BCUT2D eigenvalue weighted by molar-refractivity contribution is 6.06. The third-order valence-corrected chi connectivity index (χ3v) is 5.89. The molecule has 0 amide bonds. The van der Waals surface area contributed by atoms with E-state index in [4.69, 9.17) is 0 Å². The Morgan fingerprint density at radius 2 is 1.53 bits per heavy atom. The minimum atomic E-state index is -0.369. The largest absolute Gasteiger partial charge is 0.368 e. The molecule has 2 heterocycles. The lowest BCUT2D eigenvalue weighted by Crippen LogP contribution is -2.47. The van der Waals surface area contributed by atoms with Crippen LogP contribution in [0.4, 0.5) is 17.2 Å². The van der Waals surface area contributed by atoms with Gasteiger partial charge in [0.25, 0.3) is 5.69 Å². The van der Waals surface area contributed by atoms with E-state index in [9.17, 15) is 10.1 Å². The van der Waals surface area contributed by atoms with E-state index < -0.39 is 0 Å². The smallest absolute Gasteiger partial charge is 0.269 e. The lowest BCUT2D eigenvalue weighted by molar-refractivity contribution is -0.384. The second kappa shape index (κ2) is 7.26. The maximum absolute atomic E-state index is 10.9. The number of hydrogen-bond donors (Lipinski definition) is 0. The fraction of sp³-hybridized carbons (Fsp3) is 0.217. The van der Waals surface area contributed by atoms with Crippen LogP contribution in [0.1, 0.15) is 5.56 Å².